The Morgan fingerprint density at radius 1 is 1.38 bits per heavy atom. The van der Waals surface area contributed by atoms with Crippen LogP contribution in [0.5, 0.6) is 0 Å². The molecule has 8 heteroatoms. The van der Waals surface area contributed by atoms with Gasteiger partial charge in [-0.3, -0.25) is 9.11 Å². The molecule has 0 amide bonds. The van der Waals surface area contributed by atoms with E-state index < -0.39 is 22.1 Å². The van der Waals surface area contributed by atoms with Gasteiger partial charge in [0, 0.05) is 23.5 Å². The lowest BCUT2D eigenvalue weighted by atomic mass is 9.90. The largest absolute Gasteiger partial charge is 0.769 e. The molecule has 146 valence electrons. The standard InChI is InChI=1S/C18H28N2O4S2/c1-5-16(26(21)22)24-19-17(14-6-8-15(25-4)9-7-14)18(2,3)20-10-12-23-13-11-20/h6-9,16H,5,10-13H2,1-4H3,(H,21,22)/p-1. The smallest absolute Gasteiger partial charge is 0.188 e. The Labute approximate surface area is 162 Å². The Morgan fingerprint density at radius 2 is 2.00 bits per heavy atom. The summed E-state index contributed by atoms with van der Waals surface area (Å²) >= 11 is -0.658. The Kier molecular flexibility index (Phi) is 8.09. The fraction of sp³-hybridized carbons (Fsp3) is 0.611. The summed E-state index contributed by atoms with van der Waals surface area (Å²) in [4.78, 5) is 8.86. The van der Waals surface area contributed by atoms with E-state index in [0.717, 1.165) is 29.3 Å². The molecule has 0 radical (unpaired) electrons. The molecule has 2 unspecified atom stereocenters. The average molecular weight is 400 g/mol. The van der Waals surface area contributed by atoms with Gasteiger partial charge in [-0.25, -0.2) is 0 Å². The van der Waals surface area contributed by atoms with E-state index in [-0.39, 0.29) is 0 Å². The van der Waals surface area contributed by atoms with Gasteiger partial charge in [0.2, 0.25) is 0 Å². The number of nitrogens with zero attached hydrogens (tertiary/aromatic N) is 2. The molecule has 1 heterocycles. The third-order valence-electron chi connectivity index (χ3n) is 4.55. The Morgan fingerprint density at radius 3 is 2.50 bits per heavy atom. The molecule has 0 aromatic heterocycles. The molecule has 1 aromatic rings. The number of thioether (sulfide) groups is 1. The normalized spacial score (nSPS) is 19.2. The Balaban J connectivity index is 2.37. The summed E-state index contributed by atoms with van der Waals surface area (Å²) in [6, 6.07) is 8.08. The van der Waals surface area contributed by atoms with Gasteiger partial charge in [0.15, 0.2) is 5.44 Å². The second kappa shape index (κ2) is 9.85. The van der Waals surface area contributed by atoms with Crippen molar-refractivity contribution in [1.82, 2.24) is 4.90 Å². The monoisotopic (exact) mass is 399 g/mol. The highest BCUT2D eigenvalue weighted by atomic mass is 32.2. The number of hydrogen-bond donors (Lipinski definition) is 0. The lowest BCUT2D eigenvalue weighted by Gasteiger charge is -2.41. The van der Waals surface area contributed by atoms with E-state index in [9.17, 15) is 8.76 Å². The molecule has 2 atom stereocenters. The maximum atomic E-state index is 11.3. The molecular formula is C18H27N2O4S2-. The minimum absolute atomic E-state index is 0.344. The van der Waals surface area contributed by atoms with Crippen molar-refractivity contribution in [2.24, 2.45) is 5.16 Å². The fourth-order valence-electron chi connectivity index (χ4n) is 2.90. The maximum Gasteiger partial charge on any atom is 0.188 e. The number of rotatable bonds is 8. The van der Waals surface area contributed by atoms with E-state index in [2.05, 4.69) is 23.9 Å². The molecule has 1 aliphatic heterocycles. The first-order valence-electron chi connectivity index (χ1n) is 8.69. The highest BCUT2D eigenvalue weighted by molar-refractivity contribution is 7.98. The van der Waals surface area contributed by atoms with Crippen molar-refractivity contribution in [1.29, 1.82) is 0 Å². The van der Waals surface area contributed by atoms with Crippen LogP contribution >= 0.6 is 11.8 Å². The number of oxime groups is 1. The van der Waals surface area contributed by atoms with Crippen molar-refractivity contribution in [2.45, 2.75) is 43.1 Å². The molecule has 0 spiro atoms. The van der Waals surface area contributed by atoms with E-state index >= 15 is 0 Å². The zero-order valence-corrected chi connectivity index (χ0v) is 17.4. The lowest BCUT2D eigenvalue weighted by Crippen LogP contribution is -2.54. The minimum atomic E-state index is -2.33. The molecule has 1 fully saturated rings. The third-order valence-corrected chi connectivity index (χ3v) is 6.15. The Bertz CT molecular complexity index is 629. The van der Waals surface area contributed by atoms with Crippen LogP contribution in [0.1, 0.15) is 32.8 Å². The predicted octanol–water partition coefficient (Wildman–Crippen LogP) is 2.86. The second-order valence-electron chi connectivity index (χ2n) is 6.53. The number of benzene rings is 1. The van der Waals surface area contributed by atoms with Gasteiger partial charge in [0.1, 0.15) is 5.71 Å². The number of hydrogen-bond acceptors (Lipinski definition) is 7. The van der Waals surface area contributed by atoms with Crippen LogP contribution in [-0.2, 0) is 20.7 Å². The summed E-state index contributed by atoms with van der Waals surface area (Å²) in [7, 11) is 0. The van der Waals surface area contributed by atoms with Crippen LogP contribution in [0.25, 0.3) is 0 Å². The topological polar surface area (TPSA) is 74.2 Å². The molecule has 0 aliphatic carbocycles. The number of morpholine rings is 1. The second-order valence-corrected chi connectivity index (χ2v) is 8.46. The fourth-order valence-corrected chi connectivity index (χ4v) is 3.69. The molecule has 6 nitrogen and oxygen atoms in total. The van der Waals surface area contributed by atoms with E-state index in [1.165, 1.54) is 0 Å². The highest BCUT2D eigenvalue weighted by Gasteiger charge is 2.35. The molecule has 1 aromatic carbocycles. The van der Waals surface area contributed by atoms with Crippen LogP contribution in [-0.4, -0.2) is 62.9 Å². The summed E-state index contributed by atoms with van der Waals surface area (Å²) < 4.78 is 28.0. The summed E-state index contributed by atoms with van der Waals surface area (Å²) in [6.07, 6.45) is 2.37. The summed E-state index contributed by atoms with van der Waals surface area (Å²) in [6.45, 7) is 8.85. The van der Waals surface area contributed by atoms with Crippen molar-refractivity contribution in [3.63, 3.8) is 0 Å². The van der Waals surface area contributed by atoms with E-state index in [4.69, 9.17) is 9.57 Å². The van der Waals surface area contributed by atoms with Gasteiger partial charge in [-0.05, 0) is 49.7 Å². The van der Waals surface area contributed by atoms with Crippen LogP contribution in [0.4, 0.5) is 0 Å². The van der Waals surface area contributed by atoms with Crippen molar-refractivity contribution in [2.75, 3.05) is 32.6 Å². The van der Waals surface area contributed by atoms with E-state index in [1.54, 1.807) is 18.7 Å². The van der Waals surface area contributed by atoms with Crippen molar-refractivity contribution >= 4 is 28.6 Å². The molecule has 2 rings (SSSR count). The zero-order valence-electron chi connectivity index (χ0n) is 15.8. The quantitative estimate of drug-likeness (QED) is 0.290. The molecule has 0 bridgehead atoms. The molecule has 0 N–H and O–H groups in total. The first-order valence-corrected chi connectivity index (χ1v) is 11.1. The third kappa shape index (κ3) is 5.29. The number of ether oxygens (including phenoxy) is 1. The predicted molar refractivity (Wildman–Crippen MR) is 105 cm³/mol. The van der Waals surface area contributed by atoms with Crippen LogP contribution in [0.15, 0.2) is 34.3 Å². The van der Waals surface area contributed by atoms with Gasteiger partial charge in [0.25, 0.3) is 0 Å². The first-order chi connectivity index (χ1) is 12.4. The zero-order chi connectivity index (χ0) is 19.2. The van der Waals surface area contributed by atoms with Gasteiger partial charge in [0.05, 0.1) is 18.8 Å². The van der Waals surface area contributed by atoms with E-state index in [0.29, 0.717) is 19.6 Å². The van der Waals surface area contributed by atoms with Crippen LogP contribution < -0.4 is 0 Å². The van der Waals surface area contributed by atoms with Crippen LogP contribution in [0.2, 0.25) is 0 Å². The van der Waals surface area contributed by atoms with Crippen LogP contribution in [0.3, 0.4) is 0 Å². The van der Waals surface area contributed by atoms with Crippen LogP contribution in [0, 0.1) is 0 Å². The first kappa shape index (κ1) is 21.4. The van der Waals surface area contributed by atoms with Gasteiger partial charge in [-0.2, -0.15) is 0 Å². The molecule has 26 heavy (non-hydrogen) atoms. The van der Waals surface area contributed by atoms with Crippen molar-refractivity contribution in [3.05, 3.63) is 29.8 Å². The summed E-state index contributed by atoms with van der Waals surface area (Å²) in [5.41, 5.74) is 0.269. The molecule has 1 saturated heterocycles. The van der Waals surface area contributed by atoms with Gasteiger partial charge in [-0.15, -0.1) is 11.8 Å². The van der Waals surface area contributed by atoms with Crippen molar-refractivity contribution in [3.8, 4) is 0 Å². The molecular weight excluding hydrogens is 372 g/mol. The highest BCUT2D eigenvalue weighted by Crippen LogP contribution is 2.25. The lowest BCUT2D eigenvalue weighted by molar-refractivity contribution is 0.00839. The molecule has 0 saturated carbocycles. The van der Waals surface area contributed by atoms with Gasteiger partial charge in [-0.1, -0.05) is 24.2 Å². The SMILES string of the molecule is CCC(ON=C(c1ccc(SC)cc1)C(C)(C)N1CCOCC1)S(=O)[O-]. The maximum absolute atomic E-state index is 11.3. The van der Waals surface area contributed by atoms with Gasteiger partial charge >= 0.3 is 0 Å². The minimum Gasteiger partial charge on any atom is -0.769 e. The Hall–Kier alpha value is -0.930. The van der Waals surface area contributed by atoms with E-state index in [1.807, 2.05) is 30.5 Å². The van der Waals surface area contributed by atoms with Crippen molar-refractivity contribution < 1.29 is 18.3 Å². The van der Waals surface area contributed by atoms with Gasteiger partial charge < -0.3 is 14.1 Å². The summed E-state index contributed by atoms with van der Waals surface area (Å²) in [5, 5.41) is 4.32. The molecule has 1 aliphatic rings. The summed E-state index contributed by atoms with van der Waals surface area (Å²) in [5.74, 6) is 0. The average Bonchev–Trinajstić information content (AvgIpc) is 2.65.